The van der Waals surface area contributed by atoms with E-state index in [0.29, 0.717) is 5.56 Å². The number of hydrogen-bond acceptors (Lipinski definition) is 6. The number of alkyl halides is 3. The summed E-state index contributed by atoms with van der Waals surface area (Å²) in [6.45, 7) is 3.62. The molecule has 2 aromatic heterocycles. The molecule has 0 bridgehead atoms. The molecular weight excluding hydrogens is 349 g/mol. The highest BCUT2D eigenvalue weighted by atomic mass is 19.4. The predicted octanol–water partition coefficient (Wildman–Crippen LogP) is 1.46. The molecule has 0 spiro atoms. The second kappa shape index (κ2) is 6.20. The summed E-state index contributed by atoms with van der Waals surface area (Å²) in [5, 5.41) is 17.2. The zero-order valence-electron chi connectivity index (χ0n) is 14.1. The van der Waals surface area contributed by atoms with E-state index in [2.05, 4.69) is 20.4 Å². The Morgan fingerprint density at radius 1 is 1.31 bits per heavy atom. The Morgan fingerprint density at radius 2 is 2.12 bits per heavy atom. The van der Waals surface area contributed by atoms with Crippen LogP contribution in [0.5, 0.6) is 0 Å². The number of rotatable bonds is 3. The predicted molar refractivity (Wildman–Crippen MR) is 87.6 cm³/mol. The lowest BCUT2D eigenvalue weighted by molar-refractivity contribution is -0.141. The van der Waals surface area contributed by atoms with E-state index in [-0.39, 0.29) is 30.3 Å². The van der Waals surface area contributed by atoms with Gasteiger partial charge in [0.15, 0.2) is 5.69 Å². The van der Waals surface area contributed by atoms with Gasteiger partial charge >= 0.3 is 6.18 Å². The maximum absolute atomic E-state index is 13.3. The van der Waals surface area contributed by atoms with Crippen LogP contribution in [0.2, 0.25) is 0 Å². The molecular formula is C16H19F3N6O. The average Bonchev–Trinajstić information content (AvgIpc) is 3.29. The van der Waals surface area contributed by atoms with E-state index in [4.69, 9.17) is 0 Å². The number of halogens is 3. The normalized spacial score (nSPS) is 26.2. The van der Waals surface area contributed by atoms with E-state index in [1.807, 2.05) is 0 Å². The molecule has 26 heavy (non-hydrogen) atoms. The van der Waals surface area contributed by atoms with Crippen LogP contribution in [0, 0.1) is 0 Å². The van der Waals surface area contributed by atoms with Gasteiger partial charge in [-0.25, -0.2) is 9.97 Å². The zero-order chi connectivity index (χ0) is 18.5. The highest BCUT2D eigenvalue weighted by molar-refractivity contribution is 5.60. The van der Waals surface area contributed by atoms with Crippen LogP contribution in [0.4, 0.5) is 19.1 Å². The number of anilines is 1. The molecule has 0 radical (unpaired) electrons. The minimum absolute atomic E-state index is 0.0251. The first-order chi connectivity index (χ1) is 12.3. The van der Waals surface area contributed by atoms with E-state index in [1.165, 1.54) is 6.20 Å². The van der Waals surface area contributed by atoms with Gasteiger partial charge < -0.3 is 15.3 Å². The third-order valence-corrected chi connectivity index (χ3v) is 5.00. The van der Waals surface area contributed by atoms with E-state index >= 15 is 0 Å². The van der Waals surface area contributed by atoms with Crippen LogP contribution in [0.3, 0.4) is 0 Å². The number of aromatic nitrogens is 4. The van der Waals surface area contributed by atoms with E-state index in [9.17, 15) is 18.3 Å². The third-order valence-electron chi connectivity index (χ3n) is 5.00. The van der Waals surface area contributed by atoms with Gasteiger partial charge in [0.1, 0.15) is 0 Å². The molecule has 4 rings (SSSR count). The van der Waals surface area contributed by atoms with E-state index in [1.54, 1.807) is 22.7 Å². The van der Waals surface area contributed by atoms with Crippen molar-refractivity contribution in [3.63, 3.8) is 0 Å². The first kappa shape index (κ1) is 17.2. The second-order valence-electron chi connectivity index (χ2n) is 6.75. The summed E-state index contributed by atoms with van der Waals surface area (Å²) in [6.07, 6.45) is -0.996. The minimum atomic E-state index is -4.58. The van der Waals surface area contributed by atoms with Gasteiger partial charge in [-0.1, -0.05) is 0 Å². The Morgan fingerprint density at radius 3 is 2.73 bits per heavy atom. The molecule has 2 aromatic rings. The van der Waals surface area contributed by atoms with Gasteiger partial charge in [0, 0.05) is 24.8 Å². The molecule has 0 aromatic carbocycles. The average molecular weight is 368 g/mol. The fraction of sp³-hybridized carbons (Fsp3) is 0.562. The molecule has 7 nitrogen and oxygen atoms in total. The third kappa shape index (κ3) is 3.03. The molecule has 2 fully saturated rings. The van der Waals surface area contributed by atoms with Gasteiger partial charge in [-0.2, -0.15) is 18.3 Å². The van der Waals surface area contributed by atoms with Crippen LogP contribution in [-0.4, -0.2) is 56.6 Å². The first-order valence-corrected chi connectivity index (χ1v) is 8.49. The Kier molecular flexibility index (Phi) is 4.11. The quantitative estimate of drug-likeness (QED) is 0.854. The number of aliphatic hydroxyl groups excluding tert-OH is 1. The van der Waals surface area contributed by atoms with Crippen LogP contribution in [0.15, 0.2) is 18.5 Å². The van der Waals surface area contributed by atoms with Crippen molar-refractivity contribution in [3.05, 3.63) is 24.2 Å². The molecule has 4 heterocycles. The van der Waals surface area contributed by atoms with Crippen LogP contribution in [0.25, 0.3) is 11.3 Å². The molecule has 3 atom stereocenters. The molecule has 0 unspecified atom stereocenters. The smallest absolute Gasteiger partial charge is 0.389 e. The Hall–Kier alpha value is -2.20. The zero-order valence-corrected chi connectivity index (χ0v) is 14.1. The molecule has 2 N–H and O–H groups in total. The van der Waals surface area contributed by atoms with Crippen molar-refractivity contribution in [3.8, 4) is 11.3 Å². The first-order valence-electron chi connectivity index (χ1n) is 8.49. The molecule has 2 aliphatic heterocycles. The molecule has 2 aliphatic rings. The molecule has 0 amide bonds. The van der Waals surface area contributed by atoms with E-state index < -0.39 is 18.0 Å². The van der Waals surface area contributed by atoms with Gasteiger partial charge in [-0.05, 0) is 26.0 Å². The van der Waals surface area contributed by atoms with Crippen molar-refractivity contribution in [2.45, 2.75) is 37.7 Å². The van der Waals surface area contributed by atoms with Crippen molar-refractivity contribution in [1.29, 1.82) is 0 Å². The van der Waals surface area contributed by atoms with Gasteiger partial charge in [-0.3, -0.25) is 4.68 Å². The monoisotopic (exact) mass is 368 g/mol. The topological polar surface area (TPSA) is 79.1 Å². The molecule has 140 valence electrons. The van der Waals surface area contributed by atoms with Gasteiger partial charge in [-0.15, -0.1) is 0 Å². The van der Waals surface area contributed by atoms with Crippen LogP contribution < -0.4 is 10.2 Å². The number of aliphatic hydroxyl groups is 1. The Labute approximate surface area is 147 Å². The van der Waals surface area contributed by atoms with E-state index in [0.717, 1.165) is 25.6 Å². The molecule has 10 heteroatoms. The lowest BCUT2D eigenvalue weighted by atomic mass is 10.0. The summed E-state index contributed by atoms with van der Waals surface area (Å²) in [5.41, 5.74) is -0.311. The van der Waals surface area contributed by atoms with Crippen molar-refractivity contribution in [2.24, 2.45) is 0 Å². The number of nitrogens with one attached hydrogen (secondary N) is 1. The van der Waals surface area contributed by atoms with Gasteiger partial charge in [0.05, 0.1) is 30.1 Å². The van der Waals surface area contributed by atoms with Crippen molar-refractivity contribution >= 4 is 5.95 Å². The van der Waals surface area contributed by atoms with Gasteiger partial charge in [0.2, 0.25) is 5.95 Å². The van der Waals surface area contributed by atoms with Crippen molar-refractivity contribution in [2.75, 3.05) is 24.5 Å². The lowest BCUT2D eigenvalue weighted by Crippen LogP contribution is -2.59. The summed E-state index contributed by atoms with van der Waals surface area (Å²) in [7, 11) is 0. The minimum Gasteiger partial charge on any atom is -0.389 e. The Bertz CT molecular complexity index is 802. The number of nitrogens with zero attached hydrogens (tertiary/aromatic N) is 5. The number of β-amino-alcohol motifs (C(OH)–C–C–N with tert-alkyl or cyclic N) is 1. The SMILES string of the molecule is C[C@H]1[C@H](O)CN1c1nc(-c2cnn([C@H]3CCNC3)c2)cc(C(F)(F)F)n1. The van der Waals surface area contributed by atoms with Crippen molar-refractivity contribution < 1.29 is 18.3 Å². The fourth-order valence-electron chi connectivity index (χ4n) is 3.25. The van der Waals surface area contributed by atoms with Crippen molar-refractivity contribution in [1.82, 2.24) is 25.1 Å². The molecule has 0 aliphatic carbocycles. The summed E-state index contributed by atoms with van der Waals surface area (Å²) in [6, 6.07) is 0.815. The summed E-state index contributed by atoms with van der Waals surface area (Å²) in [4.78, 5) is 9.53. The summed E-state index contributed by atoms with van der Waals surface area (Å²) in [5.74, 6) is -0.0251. The van der Waals surface area contributed by atoms with Crippen LogP contribution >= 0.6 is 0 Å². The molecule has 2 saturated heterocycles. The number of hydrogen-bond donors (Lipinski definition) is 2. The molecule has 0 saturated carbocycles. The second-order valence-corrected chi connectivity index (χ2v) is 6.75. The Balaban J connectivity index is 1.71. The highest BCUT2D eigenvalue weighted by Gasteiger charge is 2.39. The largest absolute Gasteiger partial charge is 0.433 e. The standard InChI is InChI=1S/C16H19F3N6O/c1-9-13(26)8-24(9)15-22-12(4-14(23-15)16(17,18)19)10-5-21-25(7-10)11-2-3-20-6-11/h4-5,7,9,11,13,20,26H,2-3,6,8H2,1H3/t9-,11-,13+/m0/s1. The summed E-state index contributed by atoms with van der Waals surface area (Å²) >= 11 is 0. The van der Waals surface area contributed by atoms with Crippen LogP contribution in [-0.2, 0) is 6.18 Å². The maximum Gasteiger partial charge on any atom is 0.433 e. The lowest BCUT2D eigenvalue weighted by Gasteiger charge is -2.43. The van der Waals surface area contributed by atoms with Crippen LogP contribution in [0.1, 0.15) is 25.1 Å². The fourth-order valence-corrected chi connectivity index (χ4v) is 3.25. The maximum atomic E-state index is 13.3. The summed E-state index contributed by atoms with van der Waals surface area (Å²) < 4.78 is 41.6. The van der Waals surface area contributed by atoms with Gasteiger partial charge in [0.25, 0.3) is 0 Å². The highest BCUT2D eigenvalue weighted by Crippen LogP contribution is 2.34.